The fourth-order valence-electron chi connectivity index (χ4n) is 1.73. The first kappa shape index (κ1) is 15.7. The topological polar surface area (TPSA) is 52.6 Å². The molecule has 1 aromatic rings. The zero-order chi connectivity index (χ0) is 14.3. The Morgan fingerprint density at radius 3 is 2.53 bits per heavy atom. The average molecular weight is 264 g/mol. The third-order valence-corrected chi connectivity index (χ3v) is 3.39. The Hall–Kier alpha value is -1.39. The summed E-state index contributed by atoms with van der Waals surface area (Å²) in [5, 5.41) is 12.3. The van der Waals surface area contributed by atoms with Crippen molar-refractivity contribution in [3.63, 3.8) is 0 Å². The van der Waals surface area contributed by atoms with E-state index in [1.807, 2.05) is 24.3 Å². The minimum atomic E-state index is -0.784. The molecule has 1 rings (SSSR count). The van der Waals surface area contributed by atoms with Gasteiger partial charge in [-0.1, -0.05) is 31.2 Å². The number of nitrogens with one attached hydrogen (secondary N) is 1. The predicted octanol–water partition coefficient (Wildman–Crippen LogP) is 1.92. The van der Waals surface area contributed by atoms with Crippen molar-refractivity contribution in [3.05, 3.63) is 35.4 Å². The Kier molecular flexibility index (Phi) is 6.53. The summed E-state index contributed by atoms with van der Waals surface area (Å²) in [5.41, 5.74) is 2.03. The molecule has 0 bridgehead atoms. The van der Waals surface area contributed by atoms with Crippen molar-refractivity contribution in [2.45, 2.75) is 26.3 Å². The van der Waals surface area contributed by atoms with Crippen molar-refractivity contribution in [1.82, 2.24) is 10.2 Å². The van der Waals surface area contributed by atoms with Gasteiger partial charge >= 0.3 is 5.97 Å². The van der Waals surface area contributed by atoms with Crippen LogP contribution < -0.4 is 5.32 Å². The number of carboxylic acid groups (broad SMARTS) is 1. The van der Waals surface area contributed by atoms with Gasteiger partial charge in [0.1, 0.15) is 0 Å². The van der Waals surface area contributed by atoms with Crippen LogP contribution in [0, 0.1) is 0 Å². The fourth-order valence-corrected chi connectivity index (χ4v) is 1.73. The highest BCUT2D eigenvalue weighted by Crippen LogP contribution is 2.15. The van der Waals surface area contributed by atoms with Gasteiger partial charge < -0.3 is 15.3 Å². The van der Waals surface area contributed by atoms with Gasteiger partial charge in [0, 0.05) is 19.6 Å². The van der Waals surface area contributed by atoms with Crippen molar-refractivity contribution in [2.24, 2.45) is 0 Å². The van der Waals surface area contributed by atoms with E-state index in [4.69, 9.17) is 5.11 Å². The lowest BCUT2D eigenvalue weighted by Gasteiger charge is -2.14. The molecule has 0 aromatic heterocycles. The minimum absolute atomic E-state index is 0.444. The number of nitrogens with zero attached hydrogens (tertiary/aromatic N) is 1. The van der Waals surface area contributed by atoms with Crippen LogP contribution >= 0.6 is 0 Å². The maximum atomic E-state index is 10.9. The first-order valence-corrected chi connectivity index (χ1v) is 6.75. The van der Waals surface area contributed by atoms with Crippen LogP contribution in [0.4, 0.5) is 0 Å². The van der Waals surface area contributed by atoms with E-state index >= 15 is 0 Å². The second kappa shape index (κ2) is 7.92. The molecular formula is C15H24N2O2. The molecule has 1 aromatic carbocycles. The molecule has 1 atom stereocenters. The molecule has 4 nitrogen and oxygen atoms in total. The Labute approximate surface area is 115 Å². The molecule has 0 aliphatic heterocycles. The maximum Gasteiger partial charge on any atom is 0.310 e. The highest BCUT2D eigenvalue weighted by atomic mass is 16.4. The highest BCUT2D eigenvalue weighted by molar-refractivity contribution is 5.75. The summed E-state index contributed by atoms with van der Waals surface area (Å²) in [7, 11) is 2.10. The fraction of sp³-hybridized carbons (Fsp3) is 0.533. The molecule has 19 heavy (non-hydrogen) atoms. The van der Waals surface area contributed by atoms with Crippen molar-refractivity contribution in [1.29, 1.82) is 0 Å². The van der Waals surface area contributed by atoms with E-state index in [1.165, 1.54) is 5.56 Å². The summed E-state index contributed by atoms with van der Waals surface area (Å²) in [4.78, 5) is 13.1. The van der Waals surface area contributed by atoms with Gasteiger partial charge in [0.25, 0.3) is 0 Å². The number of rotatable bonds is 8. The third-order valence-electron chi connectivity index (χ3n) is 3.39. The molecule has 0 heterocycles. The van der Waals surface area contributed by atoms with Crippen molar-refractivity contribution in [3.8, 4) is 0 Å². The lowest BCUT2D eigenvalue weighted by molar-refractivity contribution is -0.138. The molecule has 2 N–H and O–H groups in total. The van der Waals surface area contributed by atoms with E-state index in [0.29, 0.717) is 0 Å². The molecule has 4 heteroatoms. The Bertz CT molecular complexity index is 390. The second-order valence-corrected chi connectivity index (χ2v) is 4.87. The van der Waals surface area contributed by atoms with Crippen LogP contribution in [0.2, 0.25) is 0 Å². The van der Waals surface area contributed by atoms with Crippen LogP contribution in [0.15, 0.2) is 24.3 Å². The zero-order valence-corrected chi connectivity index (χ0v) is 12.0. The van der Waals surface area contributed by atoms with E-state index < -0.39 is 11.9 Å². The van der Waals surface area contributed by atoms with Crippen LogP contribution in [0.3, 0.4) is 0 Å². The van der Waals surface area contributed by atoms with E-state index in [1.54, 1.807) is 6.92 Å². The first-order chi connectivity index (χ1) is 9.04. The van der Waals surface area contributed by atoms with Gasteiger partial charge in [-0.2, -0.15) is 0 Å². The lowest BCUT2D eigenvalue weighted by atomic mass is 10.0. The first-order valence-electron chi connectivity index (χ1n) is 6.75. The molecule has 0 spiro atoms. The molecule has 0 fully saturated rings. The number of carboxylic acids is 1. The second-order valence-electron chi connectivity index (χ2n) is 4.87. The summed E-state index contributed by atoms with van der Waals surface area (Å²) < 4.78 is 0. The molecule has 0 radical (unpaired) electrons. The van der Waals surface area contributed by atoms with E-state index in [9.17, 15) is 4.79 Å². The molecule has 0 aliphatic rings. The normalized spacial score (nSPS) is 12.6. The van der Waals surface area contributed by atoms with Crippen LogP contribution in [-0.4, -0.2) is 42.7 Å². The van der Waals surface area contributed by atoms with Gasteiger partial charge in [-0.05, 0) is 31.6 Å². The Morgan fingerprint density at radius 2 is 2.00 bits per heavy atom. The van der Waals surface area contributed by atoms with Gasteiger partial charge in [0.05, 0.1) is 5.92 Å². The van der Waals surface area contributed by atoms with E-state index in [0.717, 1.165) is 31.7 Å². The number of aliphatic carboxylic acids is 1. The zero-order valence-electron chi connectivity index (χ0n) is 12.0. The standard InChI is InChI=1S/C15H24N2O2/c1-4-17(3)10-9-16-11-13-5-7-14(8-6-13)12(2)15(18)19/h5-8,12,16H,4,9-11H2,1-3H3,(H,18,19). The summed E-state index contributed by atoms with van der Waals surface area (Å²) in [6, 6.07) is 7.78. The van der Waals surface area contributed by atoms with E-state index in [2.05, 4.69) is 24.2 Å². The van der Waals surface area contributed by atoms with Gasteiger partial charge in [-0.3, -0.25) is 4.79 Å². The highest BCUT2D eigenvalue weighted by Gasteiger charge is 2.12. The summed E-state index contributed by atoms with van der Waals surface area (Å²) in [6.45, 7) is 7.71. The summed E-state index contributed by atoms with van der Waals surface area (Å²) in [5.74, 6) is -1.23. The molecular weight excluding hydrogens is 240 g/mol. The van der Waals surface area contributed by atoms with Crippen molar-refractivity contribution < 1.29 is 9.90 Å². The monoisotopic (exact) mass is 264 g/mol. The Morgan fingerprint density at radius 1 is 1.37 bits per heavy atom. The largest absolute Gasteiger partial charge is 0.481 e. The molecule has 0 saturated heterocycles. The molecule has 0 saturated carbocycles. The number of hydrogen-bond donors (Lipinski definition) is 2. The van der Waals surface area contributed by atoms with Gasteiger partial charge in [-0.25, -0.2) is 0 Å². The van der Waals surface area contributed by atoms with Gasteiger partial charge in [0.2, 0.25) is 0 Å². The Balaban J connectivity index is 2.38. The summed E-state index contributed by atoms with van der Waals surface area (Å²) in [6.07, 6.45) is 0. The van der Waals surface area contributed by atoms with Crippen molar-refractivity contribution >= 4 is 5.97 Å². The van der Waals surface area contributed by atoms with E-state index in [-0.39, 0.29) is 0 Å². The van der Waals surface area contributed by atoms with Crippen LogP contribution in [0.1, 0.15) is 30.9 Å². The maximum absolute atomic E-state index is 10.9. The number of benzene rings is 1. The van der Waals surface area contributed by atoms with Crippen molar-refractivity contribution in [2.75, 3.05) is 26.7 Å². The quantitative estimate of drug-likeness (QED) is 0.704. The average Bonchev–Trinajstić information content (AvgIpc) is 2.43. The predicted molar refractivity (Wildman–Crippen MR) is 77.4 cm³/mol. The van der Waals surface area contributed by atoms with Gasteiger partial charge in [0.15, 0.2) is 0 Å². The number of carbonyl (C=O) groups is 1. The summed E-state index contributed by atoms with van der Waals surface area (Å²) >= 11 is 0. The smallest absolute Gasteiger partial charge is 0.310 e. The minimum Gasteiger partial charge on any atom is -0.481 e. The van der Waals surface area contributed by atoms with Gasteiger partial charge in [-0.15, -0.1) is 0 Å². The molecule has 0 aliphatic carbocycles. The molecule has 106 valence electrons. The number of likely N-dealkylation sites (N-methyl/N-ethyl adjacent to an activating group) is 1. The SMILES string of the molecule is CCN(C)CCNCc1ccc(C(C)C(=O)O)cc1. The molecule has 1 unspecified atom stereocenters. The molecule has 0 amide bonds. The van der Waals surface area contributed by atoms with Crippen LogP contribution in [0.5, 0.6) is 0 Å². The van der Waals surface area contributed by atoms with Crippen LogP contribution in [0.25, 0.3) is 0 Å². The number of hydrogen-bond acceptors (Lipinski definition) is 3. The third kappa shape index (κ3) is 5.41. The lowest BCUT2D eigenvalue weighted by Crippen LogP contribution is -2.28. The van der Waals surface area contributed by atoms with Crippen LogP contribution in [-0.2, 0) is 11.3 Å².